The van der Waals surface area contributed by atoms with E-state index >= 15 is 0 Å². The van der Waals surface area contributed by atoms with Gasteiger partial charge in [-0.3, -0.25) is 10.1 Å². The van der Waals surface area contributed by atoms with Gasteiger partial charge in [-0.15, -0.1) is 0 Å². The van der Waals surface area contributed by atoms with Crippen molar-refractivity contribution in [3.05, 3.63) is 99.6 Å². The van der Waals surface area contributed by atoms with Gasteiger partial charge in [0, 0.05) is 6.07 Å². The molecule has 5 nitrogen and oxygen atoms in total. The van der Waals surface area contributed by atoms with Crippen LogP contribution in [0.2, 0.25) is 0 Å². The first kappa shape index (κ1) is 20.6. The van der Waals surface area contributed by atoms with Crippen molar-refractivity contribution in [2.24, 2.45) is 0 Å². The molecule has 0 heterocycles. The van der Waals surface area contributed by atoms with Crippen molar-refractivity contribution in [2.75, 3.05) is 0 Å². The Labute approximate surface area is 169 Å². The summed E-state index contributed by atoms with van der Waals surface area (Å²) in [5, 5.41) is 20.6. The fourth-order valence-corrected chi connectivity index (χ4v) is 2.68. The lowest BCUT2D eigenvalue weighted by atomic mass is 10.0. The van der Waals surface area contributed by atoms with E-state index in [2.05, 4.69) is 6.07 Å². The number of hydrogen-bond donors (Lipinski definition) is 0. The number of nitro groups is 1. The topological polar surface area (TPSA) is 76.2 Å². The van der Waals surface area contributed by atoms with Crippen LogP contribution in [0.1, 0.15) is 16.7 Å². The van der Waals surface area contributed by atoms with Gasteiger partial charge in [-0.2, -0.15) is 18.4 Å². The van der Waals surface area contributed by atoms with Crippen LogP contribution in [0.25, 0.3) is 11.6 Å². The number of nitriles is 1. The number of hydrogen-bond acceptors (Lipinski definition) is 4. The van der Waals surface area contributed by atoms with E-state index < -0.39 is 22.4 Å². The van der Waals surface area contributed by atoms with Crippen LogP contribution in [0.4, 0.5) is 18.9 Å². The van der Waals surface area contributed by atoms with Crippen molar-refractivity contribution >= 4 is 17.3 Å². The number of nitrogens with zero attached hydrogens (tertiary/aromatic N) is 2. The van der Waals surface area contributed by atoms with Crippen LogP contribution in [0.15, 0.2) is 72.8 Å². The zero-order chi connectivity index (χ0) is 21.7. The first-order chi connectivity index (χ1) is 14.3. The highest BCUT2D eigenvalue weighted by Crippen LogP contribution is 2.38. The van der Waals surface area contributed by atoms with Gasteiger partial charge in [-0.05, 0) is 41.5 Å². The van der Waals surface area contributed by atoms with Crippen LogP contribution in [-0.2, 0) is 6.18 Å². The molecular weight excluding hydrogens is 397 g/mol. The molecule has 3 rings (SSSR count). The lowest BCUT2D eigenvalue weighted by Crippen LogP contribution is -2.06. The average Bonchev–Trinajstić information content (AvgIpc) is 2.72. The monoisotopic (exact) mass is 410 g/mol. The van der Waals surface area contributed by atoms with Crippen molar-refractivity contribution in [3.63, 3.8) is 0 Å². The summed E-state index contributed by atoms with van der Waals surface area (Å²) < 4.78 is 44.0. The first-order valence-corrected chi connectivity index (χ1v) is 8.58. The van der Waals surface area contributed by atoms with Crippen molar-refractivity contribution in [3.8, 4) is 17.6 Å². The third kappa shape index (κ3) is 4.83. The summed E-state index contributed by atoms with van der Waals surface area (Å²) in [6, 6.07) is 19.5. The maximum Gasteiger partial charge on any atom is 0.416 e. The zero-order valence-electron chi connectivity index (χ0n) is 15.3. The molecule has 150 valence electrons. The van der Waals surface area contributed by atoms with Gasteiger partial charge in [0.1, 0.15) is 5.75 Å². The second kappa shape index (κ2) is 8.49. The summed E-state index contributed by atoms with van der Waals surface area (Å²) in [6.07, 6.45) is -3.09. The van der Waals surface area contributed by atoms with E-state index in [-0.39, 0.29) is 11.5 Å². The fourth-order valence-electron chi connectivity index (χ4n) is 2.68. The van der Waals surface area contributed by atoms with E-state index in [0.717, 1.165) is 12.1 Å². The summed E-state index contributed by atoms with van der Waals surface area (Å²) in [6.45, 7) is 0. The summed E-state index contributed by atoms with van der Waals surface area (Å²) in [4.78, 5) is 10.3. The van der Waals surface area contributed by atoms with Gasteiger partial charge < -0.3 is 4.74 Å². The normalized spacial score (nSPS) is 11.6. The number of allylic oxidation sites excluding steroid dienone is 1. The van der Waals surface area contributed by atoms with Gasteiger partial charge in [-0.1, -0.05) is 42.5 Å². The number of alkyl halides is 3. The molecule has 0 fully saturated rings. The molecule has 0 saturated carbocycles. The smallest absolute Gasteiger partial charge is 0.416 e. The Hall–Kier alpha value is -4.12. The van der Waals surface area contributed by atoms with Gasteiger partial charge in [0.05, 0.1) is 22.1 Å². The summed E-state index contributed by atoms with van der Waals surface area (Å²) >= 11 is 0. The molecule has 0 spiro atoms. The van der Waals surface area contributed by atoms with Crippen LogP contribution in [0.5, 0.6) is 11.5 Å². The molecule has 0 bridgehead atoms. The highest BCUT2D eigenvalue weighted by atomic mass is 19.4. The van der Waals surface area contributed by atoms with Crippen molar-refractivity contribution in [1.82, 2.24) is 0 Å². The van der Waals surface area contributed by atoms with E-state index in [1.54, 1.807) is 42.5 Å². The van der Waals surface area contributed by atoms with Gasteiger partial charge in [0.15, 0.2) is 0 Å². The highest BCUT2D eigenvalue weighted by molar-refractivity contribution is 5.89. The summed E-state index contributed by atoms with van der Waals surface area (Å²) in [5.74, 6) is -0.144. The van der Waals surface area contributed by atoms with E-state index in [4.69, 9.17) is 4.74 Å². The van der Waals surface area contributed by atoms with Crippen molar-refractivity contribution < 1.29 is 22.8 Å². The number of ether oxygens (including phenoxy) is 1. The molecule has 0 amide bonds. The highest BCUT2D eigenvalue weighted by Gasteiger charge is 2.33. The van der Waals surface area contributed by atoms with Gasteiger partial charge in [-0.25, -0.2) is 0 Å². The molecule has 0 unspecified atom stereocenters. The molecular formula is C22H13F3N2O3. The standard InChI is InChI=1S/C22H13F3N2O3/c23-22(24,25)18-9-10-21(20(13-18)27(28)29)30-19-8-4-5-15(12-19)11-17(14-26)16-6-2-1-3-7-16/h1-13H/b17-11-. The predicted molar refractivity (Wildman–Crippen MR) is 105 cm³/mol. The minimum absolute atomic E-state index is 0.178. The second-order valence-electron chi connectivity index (χ2n) is 6.15. The lowest BCUT2D eigenvalue weighted by Gasteiger charge is -2.10. The summed E-state index contributed by atoms with van der Waals surface area (Å²) in [5.41, 5.74) is -0.243. The molecule has 0 aliphatic rings. The van der Waals surface area contributed by atoms with Crippen LogP contribution in [0, 0.1) is 21.4 Å². The minimum atomic E-state index is -4.71. The molecule has 0 aromatic heterocycles. The van der Waals surface area contributed by atoms with Crippen molar-refractivity contribution in [2.45, 2.75) is 6.18 Å². The number of nitro benzene ring substituents is 1. The molecule has 0 aliphatic heterocycles. The van der Waals surface area contributed by atoms with E-state index in [0.29, 0.717) is 22.8 Å². The van der Waals surface area contributed by atoms with Gasteiger partial charge >= 0.3 is 11.9 Å². The molecule has 0 aliphatic carbocycles. The van der Waals surface area contributed by atoms with Crippen LogP contribution in [0.3, 0.4) is 0 Å². The van der Waals surface area contributed by atoms with Gasteiger partial charge in [0.25, 0.3) is 0 Å². The minimum Gasteiger partial charge on any atom is -0.450 e. The molecule has 3 aromatic rings. The van der Waals surface area contributed by atoms with Crippen LogP contribution < -0.4 is 4.74 Å². The number of halogens is 3. The maximum absolute atomic E-state index is 12.8. The number of rotatable bonds is 5. The Balaban J connectivity index is 1.93. The van der Waals surface area contributed by atoms with Crippen LogP contribution in [-0.4, -0.2) is 4.92 Å². The SMILES string of the molecule is N#C/C(=C/c1cccc(Oc2ccc(C(F)(F)F)cc2[N+](=O)[O-])c1)c1ccccc1. The molecule has 0 radical (unpaired) electrons. The van der Waals surface area contributed by atoms with E-state index in [1.807, 2.05) is 6.07 Å². The average molecular weight is 410 g/mol. The van der Waals surface area contributed by atoms with E-state index in [9.17, 15) is 28.5 Å². The molecule has 30 heavy (non-hydrogen) atoms. The first-order valence-electron chi connectivity index (χ1n) is 8.58. The summed E-state index contributed by atoms with van der Waals surface area (Å²) in [7, 11) is 0. The Morgan fingerprint density at radius 2 is 1.77 bits per heavy atom. The largest absolute Gasteiger partial charge is 0.450 e. The Bertz CT molecular complexity index is 1150. The van der Waals surface area contributed by atoms with E-state index in [1.165, 1.54) is 12.1 Å². The maximum atomic E-state index is 12.8. The van der Waals surface area contributed by atoms with Crippen molar-refractivity contribution in [1.29, 1.82) is 5.26 Å². The predicted octanol–water partition coefficient (Wildman–Crippen LogP) is 6.47. The molecule has 0 N–H and O–H groups in total. The molecule has 0 atom stereocenters. The Morgan fingerprint density at radius 3 is 2.40 bits per heavy atom. The zero-order valence-corrected chi connectivity index (χ0v) is 15.3. The number of benzene rings is 3. The fraction of sp³-hybridized carbons (Fsp3) is 0.0455. The molecule has 8 heteroatoms. The Kier molecular flexibility index (Phi) is 5.83. The van der Waals surface area contributed by atoms with Gasteiger partial charge in [0.2, 0.25) is 5.75 Å². The lowest BCUT2D eigenvalue weighted by molar-refractivity contribution is -0.385. The third-order valence-electron chi connectivity index (χ3n) is 4.09. The third-order valence-corrected chi connectivity index (χ3v) is 4.09. The Morgan fingerprint density at radius 1 is 1.03 bits per heavy atom. The quantitative estimate of drug-likeness (QED) is 0.209. The molecule has 0 saturated heterocycles. The molecule has 3 aromatic carbocycles. The van der Waals surface area contributed by atoms with Crippen LogP contribution >= 0.6 is 0 Å². The second-order valence-corrected chi connectivity index (χ2v) is 6.15.